The molecule has 1 aromatic rings. The molecule has 1 aliphatic carbocycles. The van der Waals surface area contributed by atoms with Crippen LogP contribution >= 0.6 is 0 Å². The Bertz CT molecular complexity index is 423. The summed E-state index contributed by atoms with van der Waals surface area (Å²) in [6.07, 6.45) is 1.11. The van der Waals surface area contributed by atoms with Crippen molar-refractivity contribution in [1.82, 2.24) is 10.6 Å². The molecule has 5 heteroatoms. The minimum absolute atomic E-state index is 0.000136. The van der Waals surface area contributed by atoms with Crippen LogP contribution in [0.3, 0.4) is 0 Å². The quantitative estimate of drug-likeness (QED) is 0.827. The summed E-state index contributed by atoms with van der Waals surface area (Å²) in [5, 5.41) is 5.09. The summed E-state index contributed by atoms with van der Waals surface area (Å²) in [6.45, 7) is -0.590. The number of amides is 2. The Morgan fingerprint density at radius 2 is 2.24 bits per heavy atom. The number of carbonyl (C=O) groups is 1. The third-order valence-electron chi connectivity index (χ3n) is 2.85. The van der Waals surface area contributed by atoms with Crippen molar-refractivity contribution < 1.29 is 13.6 Å². The molecule has 17 heavy (non-hydrogen) atoms. The number of alkyl halides is 1. The lowest BCUT2D eigenvalue weighted by atomic mass is 10.1. The average Bonchev–Trinajstić information content (AvgIpc) is 2.70. The molecule has 92 valence electrons. The zero-order valence-electron chi connectivity index (χ0n) is 9.30. The van der Waals surface area contributed by atoms with Crippen molar-refractivity contribution in [2.24, 2.45) is 0 Å². The molecule has 0 radical (unpaired) electrons. The van der Waals surface area contributed by atoms with Crippen LogP contribution in [0.4, 0.5) is 13.6 Å². The molecule has 0 spiro atoms. The summed E-state index contributed by atoms with van der Waals surface area (Å²) >= 11 is 0. The van der Waals surface area contributed by atoms with E-state index in [4.69, 9.17) is 0 Å². The van der Waals surface area contributed by atoms with Crippen LogP contribution in [0, 0.1) is 5.82 Å². The molecule has 2 rings (SSSR count). The van der Waals surface area contributed by atoms with E-state index in [1.54, 1.807) is 6.07 Å². The molecule has 1 unspecified atom stereocenters. The predicted molar refractivity (Wildman–Crippen MR) is 60.1 cm³/mol. The molecule has 0 saturated carbocycles. The number of benzene rings is 1. The first-order valence-electron chi connectivity index (χ1n) is 5.57. The highest BCUT2D eigenvalue weighted by Gasteiger charge is 2.24. The normalized spacial score (nSPS) is 17.6. The molecular weight excluding hydrogens is 226 g/mol. The molecule has 0 bridgehead atoms. The molecule has 3 nitrogen and oxygen atoms in total. The van der Waals surface area contributed by atoms with Gasteiger partial charge in [-0.2, -0.15) is 0 Å². The summed E-state index contributed by atoms with van der Waals surface area (Å²) in [4.78, 5) is 11.3. The fourth-order valence-electron chi connectivity index (χ4n) is 2.11. The topological polar surface area (TPSA) is 41.1 Å². The highest BCUT2D eigenvalue weighted by molar-refractivity contribution is 5.74. The Morgan fingerprint density at radius 1 is 1.41 bits per heavy atom. The van der Waals surface area contributed by atoms with E-state index in [0.717, 1.165) is 5.56 Å². The largest absolute Gasteiger partial charge is 0.336 e. The SMILES string of the molecule is O=C(NCCF)NC1Cc2cccc(F)c2C1. The summed E-state index contributed by atoms with van der Waals surface area (Å²) in [7, 11) is 0. The van der Waals surface area contributed by atoms with Crippen molar-refractivity contribution in [1.29, 1.82) is 0 Å². The van der Waals surface area contributed by atoms with Crippen molar-refractivity contribution in [3.63, 3.8) is 0 Å². The minimum Gasteiger partial charge on any atom is -0.336 e. The lowest BCUT2D eigenvalue weighted by Crippen LogP contribution is -2.43. The number of carbonyl (C=O) groups excluding carboxylic acids is 1. The highest BCUT2D eigenvalue weighted by atomic mass is 19.1. The van der Waals surface area contributed by atoms with E-state index in [2.05, 4.69) is 10.6 Å². The maximum Gasteiger partial charge on any atom is 0.315 e. The van der Waals surface area contributed by atoms with Gasteiger partial charge in [-0.05, 0) is 30.0 Å². The molecule has 0 fully saturated rings. The number of fused-ring (bicyclic) bond motifs is 1. The standard InChI is InChI=1S/C12H14F2N2O/c13-4-5-15-12(17)16-9-6-8-2-1-3-11(14)10(8)7-9/h1-3,9H,4-7H2,(H2,15,16,17). The second-order valence-electron chi connectivity index (χ2n) is 4.07. The first-order valence-corrected chi connectivity index (χ1v) is 5.57. The number of nitrogens with one attached hydrogen (secondary N) is 2. The first kappa shape index (κ1) is 11.8. The summed E-state index contributed by atoms with van der Waals surface area (Å²) < 4.78 is 25.3. The molecule has 0 aliphatic heterocycles. The van der Waals surface area contributed by atoms with Gasteiger partial charge >= 0.3 is 6.03 Å². The van der Waals surface area contributed by atoms with E-state index < -0.39 is 12.7 Å². The van der Waals surface area contributed by atoms with Crippen LogP contribution in [0.1, 0.15) is 11.1 Å². The van der Waals surface area contributed by atoms with E-state index in [-0.39, 0.29) is 18.4 Å². The summed E-state index contributed by atoms with van der Waals surface area (Å²) in [6, 6.07) is 4.44. The van der Waals surface area contributed by atoms with Gasteiger partial charge in [0.25, 0.3) is 0 Å². The molecule has 2 amide bonds. The van der Waals surface area contributed by atoms with Gasteiger partial charge in [0.2, 0.25) is 0 Å². The van der Waals surface area contributed by atoms with Crippen LogP contribution < -0.4 is 10.6 Å². The van der Waals surface area contributed by atoms with Crippen LogP contribution in [0.15, 0.2) is 18.2 Å². The molecular formula is C12H14F2N2O. The molecule has 2 N–H and O–H groups in total. The molecule has 0 saturated heterocycles. The highest BCUT2D eigenvalue weighted by Crippen LogP contribution is 2.24. The molecule has 0 heterocycles. The van der Waals surface area contributed by atoms with Crippen LogP contribution in [-0.2, 0) is 12.8 Å². The Hall–Kier alpha value is -1.65. The fourth-order valence-corrected chi connectivity index (χ4v) is 2.11. The lowest BCUT2D eigenvalue weighted by Gasteiger charge is -2.12. The van der Waals surface area contributed by atoms with Gasteiger partial charge in [0.1, 0.15) is 12.5 Å². The number of urea groups is 1. The smallest absolute Gasteiger partial charge is 0.315 e. The first-order chi connectivity index (χ1) is 8.20. The summed E-state index contributed by atoms with van der Waals surface area (Å²) in [5.41, 5.74) is 1.60. The summed E-state index contributed by atoms with van der Waals surface area (Å²) in [5.74, 6) is -0.226. The van der Waals surface area contributed by atoms with Crippen LogP contribution in [0.2, 0.25) is 0 Å². The van der Waals surface area contributed by atoms with Gasteiger partial charge < -0.3 is 10.6 Å². The molecule has 1 aliphatic rings. The van der Waals surface area contributed by atoms with Crippen molar-refractivity contribution in [3.05, 3.63) is 35.1 Å². The number of hydrogen-bond donors (Lipinski definition) is 2. The zero-order chi connectivity index (χ0) is 12.3. The number of hydrogen-bond acceptors (Lipinski definition) is 1. The van der Waals surface area contributed by atoms with E-state index in [1.807, 2.05) is 6.07 Å². The zero-order valence-corrected chi connectivity index (χ0v) is 9.30. The fraction of sp³-hybridized carbons (Fsp3) is 0.417. The van der Waals surface area contributed by atoms with E-state index in [0.29, 0.717) is 18.4 Å². The van der Waals surface area contributed by atoms with Gasteiger partial charge in [0, 0.05) is 12.6 Å². The van der Waals surface area contributed by atoms with Crippen LogP contribution in [0.25, 0.3) is 0 Å². The van der Waals surface area contributed by atoms with E-state index in [1.165, 1.54) is 6.07 Å². The third-order valence-corrected chi connectivity index (χ3v) is 2.85. The third kappa shape index (κ3) is 2.72. The van der Waals surface area contributed by atoms with Gasteiger partial charge in [-0.3, -0.25) is 0 Å². The Morgan fingerprint density at radius 3 is 2.94 bits per heavy atom. The average molecular weight is 240 g/mol. The van der Waals surface area contributed by atoms with E-state index in [9.17, 15) is 13.6 Å². The maximum absolute atomic E-state index is 13.4. The van der Waals surface area contributed by atoms with E-state index >= 15 is 0 Å². The van der Waals surface area contributed by atoms with Crippen molar-refractivity contribution in [3.8, 4) is 0 Å². The van der Waals surface area contributed by atoms with Crippen LogP contribution in [-0.4, -0.2) is 25.3 Å². The van der Waals surface area contributed by atoms with Gasteiger partial charge in [0.05, 0.1) is 0 Å². The van der Waals surface area contributed by atoms with Crippen molar-refractivity contribution in [2.45, 2.75) is 18.9 Å². The number of rotatable bonds is 3. The lowest BCUT2D eigenvalue weighted by molar-refractivity contribution is 0.236. The maximum atomic E-state index is 13.4. The monoisotopic (exact) mass is 240 g/mol. The van der Waals surface area contributed by atoms with Gasteiger partial charge in [-0.25, -0.2) is 13.6 Å². The Balaban J connectivity index is 1.92. The van der Waals surface area contributed by atoms with Gasteiger partial charge in [0.15, 0.2) is 0 Å². The predicted octanol–water partition coefficient (Wildman–Crippen LogP) is 1.56. The van der Waals surface area contributed by atoms with Crippen molar-refractivity contribution in [2.75, 3.05) is 13.2 Å². The Labute approximate surface area is 98.2 Å². The van der Waals surface area contributed by atoms with Gasteiger partial charge in [-0.15, -0.1) is 0 Å². The molecule has 0 aromatic heterocycles. The molecule has 1 aromatic carbocycles. The second kappa shape index (κ2) is 5.12. The van der Waals surface area contributed by atoms with Crippen molar-refractivity contribution >= 4 is 6.03 Å². The number of halogens is 2. The van der Waals surface area contributed by atoms with Gasteiger partial charge in [-0.1, -0.05) is 12.1 Å². The minimum atomic E-state index is -0.590. The Kier molecular flexibility index (Phi) is 3.56. The van der Waals surface area contributed by atoms with Crippen LogP contribution in [0.5, 0.6) is 0 Å². The second-order valence-corrected chi connectivity index (χ2v) is 4.07. The molecule has 1 atom stereocenters.